The summed E-state index contributed by atoms with van der Waals surface area (Å²) in [4.78, 5) is 11.4. The van der Waals surface area contributed by atoms with E-state index in [-0.39, 0.29) is 24.0 Å². The SMILES string of the molecule is COCCC(C)N[C@H](C(=O)OC)C(C)C. The molecule has 0 saturated carbocycles. The predicted molar refractivity (Wildman–Crippen MR) is 59.7 cm³/mol. The maximum absolute atomic E-state index is 11.4. The average Bonchev–Trinajstić information content (AvgIpc) is 2.21. The third-order valence-electron chi connectivity index (χ3n) is 2.34. The van der Waals surface area contributed by atoms with Crippen molar-refractivity contribution < 1.29 is 14.3 Å². The fraction of sp³-hybridized carbons (Fsp3) is 0.909. The van der Waals surface area contributed by atoms with Crippen LogP contribution in [-0.4, -0.2) is 38.9 Å². The van der Waals surface area contributed by atoms with E-state index in [9.17, 15) is 4.79 Å². The molecule has 0 rings (SSSR count). The molecule has 0 aromatic rings. The van der Waals surface area contributed by atoms with E-state index >= 15 is 0 Å². The van der Waals surface area contributed by atoms with Gasteiger partial charge >= 0.3 is 5.97 Å². The van der Waals surface area contributed by atoms with E-state index in [1.165, 1.54) is 7.11 Å². The predicted octanol–water partition coefficient (Wildman–Crippen LogP) is 1.20. The minimum absolute atomic E-state index is 0.200. The number of hydrogen-bond donors (Lipinski definition) is 1. The molecule has 4 nitrogen and oxygen atoms in total. The Morgan fingerprint density at radius 2 is 1.87 bits per heavy atom. The molecule has 0 heterocycles. The van der Waals surface area contributed by atoms with Crippen LogP contribution < -0.4 is 5.32 Å². The molecule has 0 aliphatic carbocycles. The minimum Gasteiger partial charge on any atom is -0.468 e. The van der Waals surface area contributed by atoms with Crippen molar-refractivity contribution in [3.05, 3.63) is 0 Å². The first-order valence-electron chi connectivity index (χ1n) is 5.35. The molecule has 0 aromatic heterocycles. The normalized spacial score (nSPS) is 15.1. The molecule has 0 aliphatic rings. The average molecular weight is 217 g/mol. The van der Waals surface area contributed by atoms with Gasteiger partial charge < -0.3 is 14.8 Å². The second-order valence-electron chi connectivity index (χ2n) is 4.09. The van der Waals surface area contributed by atoms with E-state index in [1.807, 2.05) is 20.8 Å². The third-order valence-corrected chi connectivity index (χ3v) is 2.34. The van der Waals surface area contributed by atoms with Gasteiger partial charge in [-0.1, -0.05) is 13.8 Å². The van der Waals surface area contributed by atoms with Gasteiger partial charge in [0.2, 0.25) is 0 Å². The lowest BCUT2D eigenvalue weighted by Gasteiger charge is -2.24. The Kier molecular flexibility index (Phi) is 7.34. The zero-order chi connectivity index (χ0) is 11.8. The maximum atomic E-state index is 11.4. The third kappa shape index (κ3) is 5.74. The minimum atomic E-state index is -0.234. The Hall–Kier alpha value is -0.610. The number of rotatable bonds is 7. The van der Waals surface area contributed by atoms with Crippen LogP contribution in [0.25, 0.3) is 0 Å². The molecule has 2 atom stereocenters. The smallest absolute Gasteiger partial charge is 0.323 e. The fourth-order valence-corrected chi connectivity index (χ4v) is 1.34. The summed E-state index contributed by atoms with van der Waals surface area (Å²) in [6.45, 7) is 6.73. The molecule has 0 amide bonds. The van der Waals surface area contributed by atoms with Crippen molar-refractivity contribution in [2.75, 3.05) is 20.8 Å². The van der Waals surface area contributed by atoms with Crippen LogP contribution in [0.1, 0.15) is 27.2 Å². The van der Waals surface area contributed by atoms with Gasteiger partial charge in [0.05, 0.1) is 7.11 Å². The summed E-state index contributed by atoms with van der Waals surface area (Å²) in [6.07, 6.45) is 0.886. The van der Waals surface area contributed by atoms with E-state index < -0.39 is 0 Å². The van der Waals surface area contributed by atoms with Crippen molar-refractivity contribution in [1.82, 2.24) is 5.32 Å². The van der Waals surface area contributed by atoms with Gasteiger partial charge in [-0.15, -0.1) is 0 Å². The topological polar surface area (TPSA) is 47.6 Å². The van der Waals surface area contributed by atoms with Crippen molar-refractivity contribution in [3.8, 4) is 0 Å². The Balaban J connectivity index is 4.10. The number of carbonyl (C=O) groups is 1. The van der Waals surface area contributed by atoms with Gasteiger partial charge in [0.15, 0.2) is 0 Å². The van der Waals surface area contributed by atoms with Crippen LogP contribution in [0.4, 0.5) is 0 Å². The largest absolute Gasteiger partial charge is 0.468 e. The lowest BCUT2D eigenvalue weighted by atomic mass is 10.0. The second-order valence-corrected chi connectivity index (χ2v) is 4.09. The highest BCUT2D eigenvalue weighted by Gasteiger charge is 2.23. The zero-order valence-corrected chi connectivity index (χ0v) is 10.4. The first-order valence-corrected chi connectivity index (χ1v) is 5.35. The lowest BCUT2D eigenvalue weighted by Crippen LogP contribution is -2.46. The molecular weight excluding hydrogens is 194 g/mol. The van der Waals surface area contributed by atoms with Crippen LogP contribution in [0.15, 0.2) is 0 Å². The number of esters is 1. The van der Waals surface area contributed by atoms with E-state index in [0.717, 1.165) is 6.42 Å². The van der Waals surface area contributed by atoms with Crippen molar-refractivity contribution in [1.29, 1.82) is 0 Å². The number of hydrogen-bond acceptors (Lipinski definition) is 4. The van der Waals surface area contributed by atoms with Crippen molar-refractivity contribution in [3.63, 3.8) is 0 Å². The Bertz CT molecular complexity index is 183. The quantitative estimate of drug-likeness (QED) is 0.651. The Morgan fingerprint density at radius 1 is 1.27 bits per heavy atom. The monoisotopic (exact) mass is 217 g/mol. The van der Waals surface area contributed by atoms with Gasteiger partial charge in [0.25, 0.3) is 0 Å². The van der Waals surface area contributed by atoms with Gasteiger partial charge in [-0.3, -0.25) is 4.79 Å². The molecule has 0 bridgehead atoms. The summed E-state index contributed by atoms with van der Waals surface area (Å²) in [7, 11) is 3.09. The summed E-state index contributed by atoms with van der Waals surface area (Å²) in [5, 5.41) is 3.25. The Labute approximate surface area is 92.3 Å². The maximum Gasteiger partial charge on any atom is 0.323 e. The summed E-state index contributed by atoms with van der Waals surface area (Å²) >= 11 is 0. The van der Waals surface area contributed by atoms with E-state index in [4.69, 9.17) is 9.47 Å². The fourth-order valence-electron chi connectivity index (χ4n) is 1.34. The molecule has 1 N–H and O–H groups in total. The molecular formula is C11H23NO3. The summed E-state index contributed by atoms with van der Waals surface area (Å²) in [5.74, 6) is 0.0247. The molecule has 0 aliphatic heterocycles. The Morgan fingerprint density at radius 3 is 2.27 bits per heavy atom. The molecule has 1 unspecified atom stereocenters. The highest BCUT2D eigenvalue weighted by molar-refractivity contribution is 5.75. The van der Waals surface area contributed by atoms with Gasteiger partial charge in [0, 0.05) is 19.8 Å². The van der Waals surface area contributed by atoms with Crippen LogP contribution in [-0.2, 0) is 14.3 Å². The zero-order valence-electron chi connectivity index (χ0n) is 10.4. The molecule has 0 fully saturated rings. The van der Waals surface area contributed by atoms with Gasteiger partial charge in [0.1, 0.15) is 6.04 Å². The van der Waals surface area contributed by atoms with E-state index in [1.54, 1.807) is 7.11 Å². The first-order chi connectivity index (χ1) is 7.02. The van der Waals surface area contributed by atoms with Gasteiger partial charge in [-0.2, -0.15) is 0 Å². The van der Waals surface area contributed by atoms with Gasteiger partial charge in [-0.05, 0) is 19.3 Å². The molecule has 15 heavy (non-hydrogen) atoms. The standard InChI is InChI=1S/C11H23NO3/c1-8(2)10(11(13)15-5)12-9(3)6-7-14-4/h8-10,12H,6-7H2,1-5H3/t9?,10-/m0/s1. The first kappa shape index (κ1) is 14.4. The van der Waals surface area contributed by atoms with Crippen LogP contribution in [0.2, 0.25) is 0 Å². The van der Waals surface area contributed by atoms with Crippen molar-refractivity contribution >= 4 is 5.97 Å². The van der Waals surface area contributed by atoms with Crippen molar-refractivity contribution in [2.45, 2.75) is 39.3 Å². The van der Waals surface area contributed by atoms with E-state index in [2.05, 4.69) is 5.32 Å². The number of ether oxygens (including phenoxy) is 2. The highest BCUT2D eigenvalue weighted by atomic mass is 16.5. The molecule has 4 heteroatoms. The lowest BCUT2D eigenvalue weighted by molar-refractivity contribution is -0.144. The van der Waals surface area contributed by atoms with Crippen LogP contribution >= 0.6 is 0 Å². The van der Waals surface area contributed by atoms with Crippen LogP contribution in [0.5, 0.6) is 0 Å². The number of methoxy groups -OCH3 is 2. The summed E-state index contributed by atoms with van der Waals surface area (Å²) in [6, 6.07) is 0.0123. The molecule has 0 spiro atoms. The number of nitrogens with one attached hydrogen (secondary N) is 1. The molecule has 0 saturated heterocycles. The van der Waals surface area contributed by atoms with Crippen LogP contribution in [0, 0.1) is 5.92 Å². The summed E-state index contributed by atoms with van der Waals surface area (Å²) < 4.78 is 9.73. The second kappa shape index (κ2) is 7.65. The van der Waals surface area contributed by atoms with Crippen LogP contribution in [0.3, 0.4) is 0 Å². The molecule has 0 aromatic carbocycles. The molecule has 90 valence electrons. The highest BCUT2D eigenvalue weighted by Crippen LogP contribution is 2.06. The van der Waals surface area contributed by atoms with Gasteiger partial charge in [-0.25, -0.2) is 0 Å². The van der Waals surface area contributed by atoms with Crippen molar-refractivity contribution in [2.24, 2.45) is 5.92 Å². The summed E-state index contributed by atoms with van der Waals surface area (Å²) in [5.41, 5.74) is 0. The number of carbonyl (C=O) groups excluding carboxylic acids is 1. The molecule has 0 radical (unpaired) electrons. The van der Waals surface area contributed by atoms with E-state index in [0.29, 0.717) is 6.61 Å².